The molecule has 10 nitrogen and oxygen atoms in total. The summed E-state index contributed by atoms with van der Waals surface area (Å²) in [4.78, 5) is 31.6. The summed E-state index contributed by atoms with van der Waals surface area (Å²) in [6, 6.07) is 14.4. The van der Waals surface area contributed by atoms with E-state index in [0.29, 0.717) is 28.5 Å². The predicted molar refractivity (Wildman–Crippen MR) is 145 cm³/mol. The minimum absolute atomic E-state index is 0.137. The molecule has 2 aromatic carbocycles. The number of aromatic nitrogens is 2. The van der Waals surface area contributed by atoms with Crippen LogP contribution < -0.4 is 24.5 Å². The number of aryl methyl sites for hydroxylation is 3. The molecule has 202 valence electrons. The zero-order valence-corrected chi connectivity index (χ0v) is 22.8. The van der Waals surface area contributed by atoms with Gasteiger partial charge in [-0.2, -0.15) is 0 Å². The van der Waals surface area contributed by atoms with Crippen molar-refractivity contribution >= 4 is 15.9 Å². The van der Waals surface area contributed by atoms with Crippen molar-refractivity contribution in [3.63, 3.8) is 0 Å². The molecule has 39 heavy (non-hydrogen) atoms. The van der Waals surface area contributed by atoms with Crippen molar-refractivity contribution < 1.29 is 27.4 Å². The van der Waals surface area contributed by atoms with Crippen LogP contribution in [0.4, 0.5) is 0 Å². The summed E-state index contributed by atoms with van der Waals surface area (Å²) >= 11 is 0. The molecule has 0 radical (unpaired) electrons. The summed E-state index contributed by atoms with van der Waals surface area (Å²) in [6.07, 6.45) is 1.29. The van der Waals surface area contributed by atoms with Gasteiger partial charge in [-0.15, -0.1) is 0 Å². The molecule has 1 amide bonds. The maximum absolute atomic E-state index is 13.3. The van der Waals surface area contributed by atoms with Crippen molar-refractivity contribution in [1.82, 2.24) is 14.7 Å². The average molecular weight is 550 g/mol. The van der Waals surface area contributed by atoms with Gasteiger partial charge in [-0.3, -0.25) is 9.59 Å². The number of nitrogens with zero attached hydrogens (tertiary/aromatic N) is 1. The largest absolute Gasteiger partial charge is 0.497 e. The second kappa shape index (κ2) is 11.0. The number of carbonyl (C=O) groups is 1. The number of nitrogens with one attached hydrogen (secondary N) is 2. The zero-order valence-electron chi connectivity index (χ0n) is 22.0. The van der Waals surface area contributed by atoms with Crippen LogP contribution in [0.25, 0.3) is 11.3 Å². The topological polar surface area (TPSA) is 137 Å². The standard InChI is InChI=1S/C28H27N3O7S/c1-16-13-17(2)25(18(3)14-16)38-28-20(26(32)31-39(34,35)24-7-6-12-29-27(24)33)9-10-22(30-28)21-15-19(36-4)8-11-23(21)37-5/h6-15H,1-5H3,(H,29,33)(H,31,32). The number of amides is 1. The summed E-state index contributed by atoms with van der Waals surface area (Å²) in [5.74, 6) is 0.370. The van der Waals surface area contributed by atoms with Crippen molar-refractivity contribution in [1.29, 1.82) is 0 Å². The van der Waals surface area contributed by atoms with Crippen molar-refractivity contribution in [3.8, 4) is 34.4 Å². The third-order valence-corrected chi connectivity index (χ3v) is 7.24. The van der Waals surface area contributed by atoms with Gasteiger partial charge in [0.15, 0.2) is 4.90 Å². The molecular formula is C28H27N3O7S. The molecule has 0 saturated heterocycles. The highest BCUT2D eigenvalue weighted by atomic mass is 32.2. The van der Waals surface area contributed by atoms with Crippen LogP contribution in [-0.2, 0) is 10.0 Å². The van der Waals surface area contributed by atoms with E-state index in [0.717, 1.165) is 22.8 Å². The van der Waals surface area contributed by atoms with Gasteiger partial charge in [0, 0.05) is 11.8 Å². The van der Waals surface area contributed by atoms with Gasteiger partial charge >= 0.3 is 0 Å². The first kappa shape index (κ1) is 27.4. The molecule has 0 atom stereocenters. The number of aromatic amines is 1. The maximum atomic E-state index is 13.3. The molecular weight excluding hydrogens is 522 g/mol. The average Bonchev–Trinajstić information content (AvgIpc) is 2.90. The predicted octanol–water partition coefficient (Wildman–Crippen LogP) is 4.29. The second-order valence-corrected chi connectivity index (χ2v) is 10.4. The Labute approximate surface area is 225 Å². The van der Waals surface area contributed by atoms with Crippen LogP contribution in [0.1, 0.15) is 27.0 Å². The molecule has 0 bridgehead atoms. The summed E-state index contributed by atoms with van der Waals surface area (Å²) in [5, 5.41) is 0. The number of pyridine rings is 2. The maximum Gasteiger partial charge on any atom is 0.270 e. The summed E-state index contributed by atoms with van der Waals surface area (Å²) in [7, 11) is -1.45. The van der Waals surface area contributed by atoms with Crippen molar-refractivity contribution in [2.75, 3.05) is 14.2 Å². The molecule has 0 saturated carbocycles. The summed E-state index contributed by atoms with van der Waals surface area (Å²) in [6.45, 7) is 5.67. The molecule has 11 heteroatoms. The fourth-order valence-electron chi connectivity index (χ4n) is 4.13. The Bertz CT molecular complexity index is 1710. The van der Waals surface area contributed by atoms with Crippen LogP contribution in [0.3, 0.4) is 0 Å². The van der Waals surface area contributed by atoms with Crippen LogP contribution in [-0.4, -0.2) is 38.5 Å². The van der Waals surface area contributed by atoms with Crippen LogP contribution in [0, 0.1) is 20.8 Å². The van der Waals surface area contributed by atoms with E-state index in [2.05, 4.69) is 9.97 Å². The number of sulfonamides is 1. The Morgan fingerprint density at radius 1 is 0.949 bits per heavy atom. The van der Waals surface area contributed by atoms with Crippen molar-refractivity contribution in [2.24, 2.45) is 0 Å². The van der Waals surface area contributed by atoms with Crippen molar-refractivity contribution in [3.05, 3.63) is 93.4 Å². The van der Waals surface area contributed by atoms with Crippen LogP contribution in [0.5, 0.6) is 23.1 Å². The molecule has 0 aliphatic carbocycles. The molecule has 2 heterocycles. The number of rotatable bonds is 8. The first-order valence-corrected chi connectivity index (χ1v) is 13.3. The second-order valence-electron chi connectivity index (χ2n) is 8.74. The number of hydrogen-bond acceptors (Lipinski definition) is 8. The van der Waals surface area contributed by atoms with Crippen LogP contribution in [0.2, 0.25) is 0 Å². The van der Waals surface area contributed by atoms with Crippen LogP contribution in [0.15, 0.2) is 70.5 Å². The van der Waals surface area contributed by atoms with E-state index in [-0.39, 0.29) is 11.4 Å². The zero-order chi connectivity index (χ0) is 28.3. The minimum Gasteiger partial charge on any atom is -0.497 e. The van der Waals surface area contributed by atoms with E-state index in [9.17, 15) is 18.0 Å². The van der Waals surface area contributed by atoms with E-state index < -0.39 is 26.4 Å². The highest BCUT2D eigenvalue weighted by molar-refractivity contribution is 7.90. The highest BCUT2D eigenvalue weighted by Crippen LogP contribution is 2.36. The lowest BCUT2D eigenvalue weighted by Crippen LogP contribution is -2.34. The van der Waals surface area contributed by atoms with Gasteiger partial charge in [-0.25, -0.2) is 18.1 Å². The Hall–Kier alpha value is -4.64. The lowest BCUT2D eigenvalue weighted by atomic mass is 10.1. The first-order valence-electron chi connectivity index (χ1n) is 11.8. The lowest BCUT2D eigenvalue weighted by Gasteiger charge is -2.17. The number of methoxy groups -OCH3 is 2. The fourth-order valence-corrected chi connectivity index (χ4v) is 5.15. The van der Waals surface area contributed by atoms with Crippen LogP contribution >= 0.6 is 0 Å². The van der Waals surface area contributed by atoms with E-state index >= 15 is 0 Å². The van der Waals surface area contributed by atoms with E-state index in [4.69, 9.17) is 14.2 Å². The molecule has 0 spiro atoms. The normalized spacial score (nSPS) is 11.1. The molecule has 0 fully saturated rings. The molecule has 2 N–H and O–H groups in total. The first-order chi connectivity index (χ1) is 18.5. The third kappa shape index (κ3) is 5.78. The van der Waals surface area contributed by atoms with Gasteiger partial charge in [0.1, 0.15) is 22.8 Å². The molecule has 4 rings (SSSR count). The number of ether oxygens (including phenoxy) is 3. The molecule has 0 aliphatic heterocycles. The monoisotopic (exact) mass is 549 g/mol. The number of H-pyrrole nitrogens is 1. The number of carbonyl (C=O) groups excluding carboxylic acids is 1. The number of benzene rings is 2. The van der Waals surface area contributed by atoms with Gasteiger partial charge in [-0.05, 0) is 74.4 Å². The Balaban J connectivity index is 1.84. The fraction of sp³-hybridized carbons (Fsp3) is 0.179. The van der Waals surface area contributed by atoms with Gasteiger partial charge in [0.25, 0.3) is 21.5 Å². The van der Waals surface area contributed by atoms with Gasteiger partial charge in [-0.1, -0.05) is 17.7 Å². The van der Waals surface area contributed by atoms with Gasteiger partial charge in [0.2, 0.25) is 5.88 Å². The highest BCUT2D eigenvalue weighted by Gasteiger charge is 2.26. The van der Waals surface area contributed by atoms with E-state index in [1.165, 1.54) is 38.6 Å². The summed E-state index contributed by atoms with van der Waals surface area (Å²) in [5.41, 5.74) is 2.56. The van der Waals surface area contributed by atoms with Gasteiger partial charge < -0.3 is 19.2 Å². The van der Waals surface area contributed by atoms with E-state index in [1.54, 1.807) is 18.2 Å². The smallest absolute Gasteiger partial charge is 0.270 e. The molecule has 0 aliphatic rings. The van der Waals surface area contributed by atoms with Crippen molar-refractivity contribution in [2.45, 2.75) is 25.7 Å². The quantitative estimate of drug-likeness (QED) is 0.332. The Morgan fingerprint density at radius 3 is 2.31 bits per heavy atom. The van der Waals surface area contributed by atoms with Gasteiger partial charge in [0.05, 0.1) is 19.9 Å². The lowest BCUT2D eigenvalue weighted by molar-refractivity contribution is 0.0978. The molecule has 0 unspecified atom stereocenters. The SMILES string of the molecule is COc1ccc(OC)c(-c2ccc(C(=O)NS(=O)(=O)c3ccc[nH]c3=O)c(Oc3c(C)cc(C)cc3C)n2)c1. The Kier molecular flexibility index (Phi) is 7.73. The minimum atomic E-state index is -4.50. The summed E-state index contributed by atoms with van der Waals surface area (Å²) < 4.78 is 44.6. The number of hydrogen-bond donors (Lipinski definition) is 2. The molecule has 2 aromatic heterocycles. The Morgan fingerprint density at radius 2 is 1.67 bits per heavy atom. The third-order valence-electron chi connectivity index (χ3n) is 5.89. The van der Waals surface area contributed by atoms with E-state index in [1.807, 2.05) is 37.6 Å². The molecule has 4 aromatic rings.